The highest BCUT2D eigenvalue weighted by molar-refractivity contribution is 6.36. The first kappa shape index (κ1) is 19.4. The molecular formula is C18H15Cl2N3O3. The van der Waals surface area contributed by atoms with Crippen LogP contribution in [0.3, 0.4) is 0 Å². The summed E-state index contributed by atoms with van der Waals surface area (Å²) in [7, 11) is 2.98. The van der Waals surface area contributed by atoms with Crippen molar-refractivity contribution in [3.63, 3.8) is 0 Å². The molecule has 0 saturated heterocycles. The second kappa shape index (κ2) is 8.99. The van der Waals surface area contributed by atoms with Gasteiger partial charge in [0.2, 0.25) is 0 Å². The van der Waals surface area contributed by atoms with Gasteiger partial charge in [0.1, 0.15) is 23.1 Å². The molecule has 8 heteroatoms. The number of nitrogens with zero attached hydrogens (tertiary/aromatic N) is 1. The Morgan fingerprint density at radius 1 is 1.12 bits per heavy atom. The highest BCUT2D eigenvalue weighted by atomic mass is 35.5. The number of carbonyl (C=O) groups excluding carboxylic acids is 1. The number of carbonyl (C=O) groups is 1. The van der Waals surface area contributed by atoms with Gasteiger partial charge in [0.15, 0.2) is 0 Å². The first-order chi connectivity index (χ1) is 12.5. The van der Waals surface area contributed by atoms with E-state index in [0.29, 0.717) is 32.9 Å². The third-order valence-electron chi connectivity index (χ3n) is 3.32. The second-order valence-corrected chi connectivity index (χ2v) is 5.80. The maximum absolute atomic E-state index is 12.4. The van der Waals surface area contributed by atoms with Gasteiger partial charge < -0.3 is 20.1 Å². The van der Waals surface area contributed by atoms with Crippen molar-refractivity contribution >= 4 is 40.5 Å². The van der Waals surface area contributed by atoms with E-state index in [2.05, 4.69) is 10.6 Å². The predicted octanol–water partition coefficient (Wildman–Crippen LogP) is 4.47. The van der Waals surface area contributed by atoms with Crippen molar-refractivity contribution in [3.05, 3.63) is 58.2 Å². The molecule has 0 radical (unpaired) electrons. The molecule has 0 spiro atoms. The summed E-state index contributed by atoms with van der Waals surface area (Å²) in [5.41, 5.74) is 0.735. The SMILES string of the molecule is COc1ccc(OC)c(NC(=O)/C(C#N)=C\Nc2ccc(Cl)cc2Cl)c1. The summed E-state index contributed by atoms with van der Waals surface area (Å²) in [6.45, 7) is 0. The van der Waals surface area contributed by atoms with E-state index in [0.717, 1.165) is 0 Å². The van der Waals surface area contributed by atoms with Crippen LogP contribution in [-0.2, 0) is 4.79 Å². The number of nitrogens with one attached hydrogen (secondary N) is 2. The summed E-state index contributed by atoms with van der Waals surface area (Å²) in [5, 5.41) is 15.5. The molecule has 26 heavy (non-hydrogen) atoms. The van der Waals surface area contributed by atoms with Crippen molar-refractivity contribution in [3.8, 4) is 17.6 Å². The summed E-state index contributed by atoms with van der Waals surface area (Å²) < 4.78 is 10.3. The minimum absolute atomic E-state index is 0.152. The Bertz CT molecular complexity index is 892. The van der Waals surface area contributed by atoms with E-state index < -0.39 is 5.91 Å². The number of ether oxygens (including phenoxy) is 2. The summed E-state index contributed by atoms with van der Waals surface area (Å²) in [6.07, 6.45) is 1.26. The molecule has 2 N–H and O–H groups in total. The van der Waals surface area contributed by atoms with Gasteiger partial charge in [0.25, 0.3) is 5.91 Å². The number of amides is 1. The summed E-state index contributed by atoms with van der Waals surface area (Å²) in [4.78, 5) is 12.4. The molecule has 2 aromatic carbocycles. The minimum Gasteiger partial charge on any atom is -0.497 e. The molecule has 134 valence electrons. The lowest BCUT2D eigenvalue weighted by Gasteiger charge is -2.11. The third kappa shape index (κ3) is 4.82. The number of nitriles is 1. The van der Waals surface area contributed by atoms with Gasteiger partial charge >= 0.3 is 0 Å². The highest BCUT2D eigenvalue weighted by Gasteiger charge is 2.13. The fraction of sp³-hybridized carbons (Fsp3) is 0.111. The Kier molecular flexibility index (Phi) is 6.73. The van der Waals surface area contributed by atoms with E-state index in [4.69, 9.17) is 32.7 Å². The highest BCUT2D eigenvalue weighted by Crippen LogP contribution is 2.29. The molecule has 0 atom stereocenters. The van der Waals surface area contributed by atoms with Crippen LogP contribution < -0.4 is 20.1 Å². The van der Waals surface area contributed by atoms with E-state index in [1.165, 1.54) is 20.4 Å². The summed E-state index contributed by atoms with van der Waals surface area (Å²) in [6, 6.07) is 11.6. The van der Waals surface area contributed by atoms with E-state index in [9.17, 15) is 10.1 Å². The zero-order valence-corrected chi connectivity index (χ0v) is 15.5. The molecule has 2 aromatic rings. The van der Waals surface area contributed by atoms with Crippen LogP contribution in [0.15, 0.2) is 48.2 Å². The summed E-state index contributed by atoms with van der Waals surface area (Å²) in [5.74, 6) is 0.358. The number of hydrogen-bond acceptors (Lipinski definition) is 5. The number of hydrogen-bond donors (Lipinski definition) is 2. The largest absolute Gasteiger partial charge is 0.497 e. The van der Waals surface area contributed by atoms with Crippen LogP contribution in [0.1, 0.15) is 0 Å². The molecule has 1 amide bonds. The number of benzene rings is 2. The van der Waals surface area contributed by atoms with Gasteiger partial charge in [-0.25, -0.2) is 0 Å². The van der Waals surface area contributed by atoms with Crippen LogP contribution in [-0.4, -0.2) is 20.1 Å². The summed E-state index contributed by atoms with van der Waals surface area (Å²) >= 11 is 11.9. The number of methoxy groups -OCH3 is 2. The predicted molar refractivity (Wildman–Crippen MR) is 102 cm³/mol. The molecule has 0 aliphatic carbocycles. The molecule has 0 unspecified atom stereocenters. The van der Waals surface area contributed by atoms with E-state index in [1.54, 1.807) is 36.4 Å². The van der Waals surface area contributed by atoms with Crippen molar-refractivity contribution in [2.24, 2.45) is 0 Å². The van der Waals surface area contributed by atoms with E-state index >= 15 is 0 Å². The maximum atomic E-state index is 12.4. The molecule has 0 aromatic heterocycles. The monoisotopic (exact) mass is 391 g/mol. The molecule has 0 heterocycles. The van der Waals surface area contributed by atoms with Crippen molar-refractivity contribution < 1.29 is 14.3 Å². The molecule has 2 rings (SSSR count). The standard InChI is InChI=1S/C18H15Cl2N3O3/c1-25-13-4-6-17(26-2)16(8-13)23-18(24)11(9-21)10-22-15-5-3-12(19)7-14(15)20/h3-8,10,22H,1-2H3,(H,23,24)/b11-10-. The van der Waals surface area contributed by atoms with E-state index in [1.807, 2.05) is 6.07 Å². The molecule has 0 bridgehead atoms. The third-order valence-corrected chi connectivity index (χ3v) is 3.87. The Labute approximate surface area is 160 Å². The Balaban J connectivity index is 2.20. The average molecular weight is 392 g/mol. The Morgan fingerprint density at radius 2 is 1.88 bits per heavy atom. The van der Waals surface area contributed by atoms with Gasteiger partial charge in [0.05, 0.1) is 30.6 Å². The van der Waals surface area contributed by atoms with Gasteiger partial charge in [0, 0.05) is 17.3 Å². The quantitative estimate of drug-likeness (QED) is 0.560. The normalized spacial score (nSPS) is 10.7. The number of halogens is 2. The van der Waals surface area contributed by atoms with Crippen molar-refractivity contribution in [1.29, 1.82) is 5.26 Å². The van der Waals surface area contributed by atoms with Crippen molar-refractivity contribution in [2.75, 3.05) is 24.9 Å². The van der Waals surface area contributed by atoms with Gasteiger partial charge in [-0.05, 0) is 30.3 Å². The lowest BCUT2D eigenvalue weighted by molar-refractivity contribution is -0.112. The topological polar surface area (TPSA) is 83.4 Å². The number of anilines is 2. The number of rotatable bonds is 6. The van der Waals surface area contributed by atoms with Crippen molar-refractivity contribution in [1.82, 2.24) is 0 Å². The lowest BCUT2D eigenvalue weighted by Crippen LogP contribution is -2.15. The molecule has 0 saturated carbocycles. The molecule has 0 aliphatic heterocycles. The minimum atomic E-state index is -0.614. The molecule has 6 nitrogen and oxygen atoms in total. The van der Waals surface area contributed by atoms with Crippen LogP contribution in [0.4, 0.5) is 11.4 Å². The Morgan fingerprint density at radius 3 is 2.50 bits per heavy atom. The van der Waals surface area contributed by atoms with E-state index in [-0.39, 0.29) is 5.57 Å². The Hall–Kier alpha value is -2.88. The van der Waals surface area contributed by atoms with Gasteiger partial charge in [-0.3, -0.25) is 4.79 Å². The molecule has 0 fully saturated rings. The zero-order valence-electron chi connectivity index (χ0n) is 14.0. The molecule has 0 aliphatic rings. The lowest BCUT2D eigenvalue weighted by atomic mass is 10.2. The smallest absolute Gasteiger partial charge is 0.267 e. The maximum Gasteiger partial charge on any atom is 0.267 e. The first-order valence-corrected chi connectivity index (χ1v) is 8.09. The van der Waals surface area contributed by atoms with Crippen LogP contribution in [0, 0.1) is 11.3 Å². The average Bonchev–Trinajstić information content (AvgIpc) is 2.63. The second-order valence-electron chi connectivity index (χ2n) is 4.96. The first-order valence-electron chi connectivity index (χ1n) is 7.33. The van der Waals surface area contributed by atoms with Gasteiger partial charge in [-0.2, -0.15) is 5.26 Å². The van der Waals surface area contributed by atoms with Crippen molar-refractivity contribution in [2.45, 2.75) is 0 Å². The fourth-order valence-corrected chi connectivity index (χ4v) is 2.47. The zero-order chi connectivity index (χ0) is 19.1. The van der Waals surface area contributed by atoms with Crippen LogP contribution in [0.5, 0.6) is 11.5 Å². The van der Waals surface area contributed by atoms with Gasteiger partial charge in [-0.1, -0.05) is 23.2 Å². The van der Waals surface area contributed by atoms with Gasteiger partial charge in [-0.15, -0.1) is 0 Å². The molecular weight excluding hydrogens is 377 g/mol. The van der Waals surface area contributed by atoms with Crippen LogP contribution in [0.25, 0.3) is 0 Å². The van der Waals surface area contributed by atoms with Crippen LogP contribution in [0.2, 0.25) is 10.0 Å². The van der Waals surface area contributed by atoms with Crippen LogP contribution >= 0.6 is 23.2 Å². The fourth-order valence-electron chi connectivity index (χ4n) is 2.01.